The van der Waals surface area contributed by atoms with Gasteiger partial charge < -0.3 is 10.6 Å². The number of rotatable bonds is 3. The van der Waals surface area contributed by atoms with Crippen LogP contribution in [0.25, 0.3) is 0 Å². The van der Waals surface area contributed by atoms with Gasteiger partial charge in [-0.25, -0.2) is 0 Å². The third-order valence-corrected chi connectivity index (χ3v) is 8.08. The first-order valence-electron chi connectivity index (χ1n) is 9.47. The van der Waals surface area contributed by atoms with E-state index >= 15 is 0 Å². The van der Waals surface area contributed by atoms with Gasteiger partial charge in [0.25, 0.3) is 5.91 Å². The fraction of sp³-hybridized carbons (Fsp3) is 0.476. The molecule has 0 saturated carbocycles. The lowest BCUT2D eigenvalue weighted by Gasteiger charge is -2.36. The zero-order valence-electron chi connectivity index (χ0n) is 15.8. The highest BCUT2D eigenvalue weighted by Gasteiger charge is 2.37. The minimum Gasteiger partial charge on any atom is -0.353 e. The van der Waals surface area contributed by atoms with Crippen LogP contribution in [-0.4, -0.2) is 5.91 Å². The van der Waals surface area contributed by atoms with Gasteiger partial charge in [0.05, 0.1) is 5.56 Å². The number of carbonyl (C=O) groups excluding carboxylic acids is 1. The Morgan fingerprint density at radius 2 is 2.04 bits per heavy atom. The summed E-state index contributed by atoms with van der Waals surface area (Å²) in [5.41, 5.74) is 3.24. The van der Waals surface area contributed by atoms with E-state index in [4.69, 9.17) is 23.2 Å². The van der Waals surface area contributed by atoms with Crippen molar-refractivity contribution in [2.45, 2.75) is 52.6 Å². The first-order chi connectivity index (χ1) is 12.8. The molecule has 6 heteroatoms. The Morgan fingerprint density at radius 1 is 1.26 bits per heavy atom. The molecule has 2 aliphatic rings. The molecule has 0 spiro atoms. The molecule has 2 aromatic rings. The van der Waals surface area contributed by atoms with Gasteiger partial charge in [0, 0.05) is 20.5 Å². The fourth-order valence-electron chi connectivity index (χ4n) is 4.15. The Balaban J connectivity index is 1.65. The van der Waals surface area contributed by atoms with Crippen molar-refractivity contribution in [1.29, 1.82) is 0 Å². The summed E-state index contributed by atoms with van der Waals surface area (Å²) in [7, 11) is 0. The van der Waals surface area contributed by atoms with Crippen LogP contribution in [0.2, 0.25) is 10.0 Å². The average Bonchev–Trinajstić information content (AvgIpc) is 2.99. The number of amides is 1. The molecule has 1 aromatic carbocycles. The number of halogens is 2. The third kappa shape index (κ3) is 3.37. The van der Waals surface area contributed by atoms with E-state index in [9.17, 15) is 4.79 Å². The smallest absolute Gasteiger partial charge is 0.256 e. The van der Waals surface area contributed by atoms with Crippen molar-refractivity contribution in [3.05, 3.63) is 49.8 Å². The van der Waals surface area contributed by atoms with E-state index in [1.165, 1.54) is 16.9 Å². The highest BCUT2D eigenvalue weighted by molar-refractivity contribution is 7.16. The molecular formula is C21H24Cl2N2OS. The summed E-state index contributed by atoms with van der Waals surface area (Å²) in [5, 5.41) is 8.66. The Bertz CT molecular complexity index is 906. The van der Waals surface area contributed by atoms with Crippen molar-refractivity contribution in [3.8, 4) is 0 Å². The van der Waals surface area contributed by atoms with Gasteiger partial charge in [0.15, 0.2) is 0 Å². The number of thiophene rings is 1. The molecule has 0 radical (unpaired) electrons. The van der Waals surface area contributed by atoms with Crippen molar-refractivity contribution in [2.75, 3.05) is 5.32 Å². The van der Waals surface area contributed by atoms with Gasteiger partial charge in [-0.1, -0.05) is 56.5 Å². The number of anilines is 1. The van der Waals surface area contributed by atoms with Gasteiger partial charge in [0.1, 0.15) is 11.2 Å². The van der Waals surface area contributed by atoms with Gasteiger partial charge in [-0.15, -0.1) is 11.3 Å². The molecule has 2 heterocycles. The van der Waals surface area contributed by atoms with Gasteiger partial charge in [-0.2, -0.15) is 0 Å². The van der Waals surface area contributed by atoms with E-state index in [-0.39, 0.29) is 12.1 Å². The molecule has 2 N–H and O–H groups in total. The number of benzene rings is 1. The number of nitrogens with one attached hydrogen (secondary N) is 2. The zero-order valence-corrected chi connectivity index (χ0v) is 18.1. The minimum absolute atomic E-state index is 0.00883. The summed E-state index contributed by atoms with van der Waals surface area (Å²) in [6.45, 7) is 6.99. The molecule has 0 bridgehead atoms. The van der Waals surface area contributed by atoms with Crippen molar-refractivity contribution >= 4 is 45.4 Å². The monoisotopic (exact) mass is 422 g/mol. The van der Waals surface area contributed by atoms with E-state index in [2.05, 4.69) is 31.4 Å². The lowest BCUT2D eigenvalue weighted by molar-refractivity contribution is 0.0934. The standard InChI is InChI=1S/C21H24Cl2N2OS/c1-4-21(2,3)11-5-7-14-16(9-11)27-20-17(14)19(26)24-18(25-20)13-8-6-12(22)10-15(13)23/h6,8,10-11,18,25H,4-5,7,9H2,1-3H3,(H,24,26)/t11-,18+/m0/s1. The topological polar surface area (TPSA) is 41.1 Å². The summed E-state index contributed by atoms with van der Waals surface area (Å²) >= 11 is 14.1. The lowest BCUT2D eigenvalue weighted by atomic mass is 9.69. The SMILES string of the molecule is CCC(C)(C)[C@H]1CCc2c(sc3c2C(=O)N[C@@H](c2ccc(Cl)cc2Cl)N3)C1. The van der Waals surface area contributed by atoms with Crippen LogP contribution >= 0.6 is 34.5 Å². The summed E-state index contributed by atoms with van der Waals surface area (Å²) in [6, 6.07) is 5.36. The Morgan fingerprint density at radius 3 is 2.74 bits per heavy atom. The largest absolute Gasteiger partial charge is 0.353 e. The van der Waals surface area contributed by atoms with Crippen LogP contribution in [0.3, 0.4) is 0 Å². The van der Waals surface area contributed by atoms with Crippen LogP contribution in [0, 0.1) is 11.3 Å². The second-order valence-electron chi connectivity index (χ2n) is 8.21. The molecule has 1 aromatic heterocycles. The van der Waals surface area contributed by atoms with Gasteiger partial charge in [0.2, 0.25) is 0 Å². The number of fused-ring (bicyclic) bond motifs is 3. The van der Waals surface area contributed by atoms with Crippen molar-refractivity contribution in [3.63, 3.8) is 0 Å². The summed E-state index contributed by atoms with van der Waals surface area (Å²) < 4.78 is 0. The summed E-state index contributed by atoms with van der Waals surface area (Å²) in [6.07, 6.45) is 4.04. The van der Waals surface area contributed by atoms with Crippen molar-refractivity contribution in [2.24, 2.45) is 11.3 Å². The van der Waals surface area contributed by atoms with Gasteiger partial charge in [-0.3, -0.25) is 4.79 Å². The van der Waals surface area contributed by atoms with E-state index in [1.54, 1.807) is 23.5 Å². The van der Waals surface area contributed by atoms with Crippen molar-refractivity contribution < 1.29 is 4.79 Å². The molecule has 27 heavy (non-hydrogen) atoms. The molecule has 1 amide bonds. The predicted octanol–water partition coefficient (Wildman–Crippen LogP) is 6.45. The van der Waals surface area contributed by atoms with Crippen LogP contribution in [0.5, 0.6) is 0 Å². The molecule has 2 atom stereocenters. The van der Waals surface area contributed by atoms with Gasteiger partial charge >= 0.3 is 0 Å². The lowest BCUT2D eigenvalue weighted by Crippen LogP contribution is -2.38. The highest BCUT2D eigenvalue weighted by atomic mass is 35.5. The Labute approximate surface area is 174 Å². The van der Waals surface area contributed by atoms with Gasteiger partial charge in [-0.05, 0) is 48.3 Å². The Hall–Kier alpha value is -1.23. The van der Waals surface area contributed by atoms with E-state index in [1.807, 2.05) is 6.07 Å². The molecule has 1 aliphatic carbocycles. The number of hydrogen-bond donors (Lipinski definition) is 2. The first-order valence-corrected chi connectivity index (χ1v) is 11.0. The Kier molecular flexibility index (Phi) is 4.94. The van der Waals surface area contributed by atoms with Crippen molar-refractivity contribution in [1.82, 2.24) is 5.32 Å². The maximum absolute atomic E-state index is 12.9. The molecule has 3 nitrogen and oxygen atoms in total. The summed E-state index contributed by atoms with van der Waals surface area (Å²) in [4.78, 5) is 14.3. The third-order valence-electron chi connectivity index (χ3n) is 6.33. The molecule has 0 fully saturated rings. The molecular weight excluding hydrogens is 399 g/mol. The second-order valence-corrected chi connectivity index (χ2v) is 10.2. The zero-order chi connectivity index (χ0) is 19.3. The number of hydrogen-bond acceptors (Lipinski definition) is 3. The fourth-order valence-corrected chi connectivity index (χ4v) is 6.02. The van der Waals surface area contributed by atoms with E-state index in [0.717, 1.165) is 35.4 Å². The van der Waals surface area contributed by atoms with E-state index < -0.39 is 0 Å². The van der Waals surface area contributed by atoms with Crippen LogP contribution in [0.1, 0.15) is 66.1 Å². The minimum atomic E-state index is -0.335. The summed E-state index contributed by atoms with van der Waals surface area (Å²) in [5.74, 6) is 0.658. The second kappa shape index (κ2) is 6.98. The van der Waals surface area contributed by atoms with Crippen LogP contribution in [-0.2, 0) is 12.8 Å². The first kappa shape index (κ1) is 19.1. The molecule has 1 aliphatic heterocycles. The molecule has 4 rings (SSSR count). The maximum atomic E-state index is 12.9. The maximum Gasteiger partial charge on any atom is 0.256 e. The van der Waals surface area contributed by atoms with Crippen LogP contribution < -0.4 is 10.6 Å². The van der Waals surface area contributed by atoms with Crippen LogP contribution in [0.15, 0.2) is 18.2 Å². The molecule has 0 saturated heterocycles. The molecule has 0 unspecified atom stereocenters. The quantitative estimate of drug-likeness (QED) is 0.596. The predicted molar refractivity (Wildman–Crippen MR) is 114 cm³/mol. The van der Waals surface area contributed by atoms with Crippen LogP contribution in [0.4, 0.5) is 5.00 Å². The van der Waals surface area contributed by atoms with E-state index in [0.29, 0.717) is 21.4 Å². The molecule has 144 valence electrons. The average molecular weight is 423 g/mol. The highest BCUT2D eigenvalue weighted by Crippen LogP contribution is 2.47. The normalized spacial score (nSPS) is 21.9. The number of carbonyl (C=O) groups is 1.